The molecule has 0 amide bonds. The second-order valence-electron chi connectivity index (χ2n) is 5.57. The van der Waals surface area contributed by atoms with Gasteiger partial charge in [0.2, 0.25) is 0 Å². The summed E-state index contributed by atoms with van der Waals surface area (Å²) in [5.41, 5.74) is 4.71. The van der Waals surface area contributed by atoms with Crippen LogP contribution >= 0.6 is 0 Å². The van der Waals surface area contributed by atoms with Gasteiger partial charge in [-0.15, -0.1) is 5.10 Å². The van der Waals surface area contributed by atoms with E-state index in [4.69, 9.17) is 0 Å². The number of hydrogen-bond donors (Lipinski definition) is 0. The van der Waals surface area contributed by atoms with Crippen molar-refractivity contribution in [2.45, 2.75) is 39.3 Å². The number of fused-ring (bicyclic) bond motifs is 1. The van der Waals surface area contributed by atoms with Gasteiger partial charge in [-0.25, -0.2) is 9.67 Å². The average molecular weight is 268 g/mol. The van der Waals surface area contributed by atoms with Crippen LogP contribution in [0.15, 0.2) is 18.5 Å². The maximum Gasteiger partial charge on any atom is 0.171 e. The highest BCUT2D eigenvalue weighted by Crippen LogP contribution is 2.34. The first-order chi connectivity index (χ1) is 9.72. The van der Waals surface area contributed by atoms with Gasteiger partial charge in [0.1, 0.15) is 0 Å². The van der Waals surface area contributed by atoms with Gasteiger partial charge in [-0.2, -0.15) is 0 Å². The molecule has 1 aliphatic rings. The van der Waals surface area contributed by atoms with Gasteiger partial charge in [0.15, 0.2) is 5.82 Å². The second kappa shape index (κ2) is 4.13. The minimum atomic E-state index is 0.499. The molecule has 1 aliphatic carbocycles. The molecule has 0 spiro atoms. The zero-order valence-corrected chi connectivity index (χ0v) is 11.6. The molecule has 0 atom stereocenters. The first-order valence-electron chi connectivity index (χ1n) is 6.91. The number of tetrazole rings is 1. The standard InChI is InChI=1S/C14H16N6/c1-9-5-12-13(6-10(9)2)19(8-15-12)7-14-16-17-18-20(14)11-3-4-11/h5-6,8,11H,3-4,7H2,1-2H3. The summed E-state index contributed by atoms with van der Waals surface area (Å²) in [5, 5.41) is 12.0. The molecule has 1 saturated carbocycles. The first-order valence-corrected chi connectivity index (χ1v) is 6.91. The zero-order valence-electron chi connectivity index (χ0n) is 11.6. The van der Waals surface area contributed by atoms with Crippen molar-refractivity contribution in [3.63, 3.8) is 0 Å². The normalized spacial score (nSPS) is 15.1. The Kier molecular flexibility index (Phi) is 2.39. The van der Waals surface area contributed by atoms with Crippen LogP contribution in [-0.4, -0.2) is 29.8 Å². The van der Waals surface area contributed by atoms with Crippen LogP contribution in [0.4, 0.5) is 0 Å². The Bertz CT molecular complexity index is 780. The summed E-state index contributed by atoms with van der Waals surface area (Å²) in [6, 6.07) is 4.81. The van der Waals surface area contributed by atoms with Crippen molar-refractivity contribution < 1.29 is 0 Å². The molecule has 0 N–H and O–H groups in total. The molecule has 2 aromatic heterocycles. The number of aryl methyl sites for hydroxylation is 2. The lowest BCUT2D eigenvalue weighted by Gasteiger charge is -2.06. The molecule has 1 fully saturated rings. The second-order valence-corrected chi connectivity index (χ2v) is 5.57. The fourth-order valence-corrected chi connectivity index (χ4v) is 2.51. The molecule has 3 aromatic rings. The molecule has 2 heterocycles. The van der Waals surface area contributed by atoms with Crippen LogP contribution in [0.3, 0.4) is 0 Å². The van der Waals surface area contributed by atoms with Crippen LogP contribution in [-0.2, 0) is 6.54 Å². The SMILES string of the molecule is Cc1cc2ncn(Cc3nnnn3C3CC3)c2cc1C. The Morgan fingerprint density at radius 2 is 2.00 bits per heavy atom. The maximum atomic E-state index is 4.48. The van der Waals surface area contributed by atoms with Crippen molar-refractivity contribution >= 4 is 11.0 Å². The van der Waals surface area contributed by atoms with E-state index in [1.807, 2.05) is 11.0 Å². The van der Waals surface area contributed by atoms with Crippen molar-refractivity contribution in [2.24, 2.45) is 0 Å². The van der Waals surface area contributed by atoms with E-state index < -0.39 is 0 Å². The highest BCUT2D eigenvalue weighted by molar-refractivity contribution is 5.77. The summed E-state index contributed by atoms with van der Waals surface area (Å²) < 4.78 is 4.07. The smallest absolute Gasteiger partial charge is 0.171 e. The molecule has 1 aromatic carbocycles. The molecule has 0 aliphatic heterocycles. The Morgan fingerprint density at radius 3 is 2.80 bits per heavy atom. The van der Waals surface area contributed by atoms with Gasteiger partial charge in [0.05, 0.1) is 29.9 Å². The van der Waals surface area contributed by atoms with Gasteiger partial charge < -0.3 is 4.57 Å². The Morgan fingerprint density at radius 1 is 1.20 bits per heavy atom. The van der Waals surface area contributed by atoms with E-state index in [2.05, 4.69) is 51.1 Å². The minimum absolute atomic E-state index is 0.499. The van der Waals surface area contributed by atoms with E-state index in [-0.39, 0.29) is 0 Å². The molecule has 0 bridgehead atoms. The first kappa shape index (κ1) is 11.6. The quantitative estimate of drug-likeness (QED) is 0.729. The van der Waals surface area contributed by atoms with Crippen molar-refractivity contribution in [2.75, 3.05) is 0 Å². The Hall–Kier alpha value is -2.24. The van der Waals surface area contributed by atoms with Crippen LogP contribution in [0.2, 0.25) is 0 Å². The molecule has 6 nitrogen and oxygen atoms in total. The van der Waals surface area contributed by atoms with E-state index in [1.165, 1.54) is 24.0 Å². The van der Waals surface area contributed by atoms with Gasteiger partial charge in [0, 0.05) is 0 Å². The number of aromatic nitrogens is 6. The van der Waals surface area contributed by atoms with Crippen molar-refractivity contribution in [3.05, 3.63) is 35.4 Å². The summed E-state index contributed by atoms with van der Waals surface area (Å²) in [7, 11) is 0. The average Bonchev–Trinajstić information content (AvgIpc) is 3.07. The summed E-state index contributed by atoms with van der Waals surface area (Å²) in [6.45, 7) is 4.91. The monoisotopic (exact) mass is 268 g/mol. The summed E-state index contributed by atoms with van der Waals surface area (Å²) in [6.07, 6.45) is 4.23. The lowest BCUT2D eigenvalue weighted by atomic mass is 10.1. The largest absolute Gasteiger partial charge is 0.323 e. The predicted molar refractivity (Wildman–Crippen MR) is 74.4 cm³/mol. The van der Waals surface area contributed by atoms with E-state index in [0.29, 0.717) is 12.6 Å². The highest BCUT2D eigenvalue weighted by Gasteiger charge is 2.27. The van der Waals surface area contributed by atoms with Gasteiger partial charge in [0.25, 0.3) is 0 Å². The third-order valence-corrected chi connectivity index (χ3v) is 4.00. The Balaban J connectivity index is 1.75. The topological polar surface area (TPSA) is 61.4 Å². The van der Waals surface area contributed by atoms with Gasteiger partial charge in [-0.05, 0) is 60.4 Å². The molecule has 0 radical (unpaired) electrons. The maximum absolute atomic E-state index is 4.48. The van der Waals surface area contributed by atoms with Crippen molar-refractivity contribution in [1.82, 2.24) is 29.8 Å². The molecule has 0 unspecified atom stereocenters. The van der Waals surface area contributed by atoms with Gasteiger partial charge in [-0.3, -0.25) is 0 Å². The zero-order chi connectivity index (χ0) is 13.7. The summed E-state index contributed by atoms with van der Waals surface area (Å²) in [5.74, 6) is 0.907. The van der Waals surface area contributed by atoms with Gasteiger partial charge >= 0.3 is 0 Å². The molecular formula is C14H16N6. The Labute approximate surface area is 116 Å². The minimum Gasteiger partial charge on any atom is -0.323 e. The predicted octanol–water partition coefficient (Wildman–Crippen LogP) is 2.02. The molecule has 20 heavy (non-hydrogen) atoms. The fourth-order valence-electron chi connectivity index (χ4n) is 2.51. The van der Waals surface area contributed by atoms with Gasteiger partial charge in [-0.1, -0.05) is 0 Å². The van der Waals surface area contributed by atoms with Crippen LogP contribution in [0.1, 0.15) is 35.8 Å². The summed E-state index contributed by atoms with van der Waals surface area (Å²) in [4.78, 5) is 4.48. The highest BCUT2D eigenvalue weighted by atomic mass is 15.6. The van der Waals surface area contributed by atoms with Crippen LogP contribution < -0.4 is 0 Å². The van der Waals surface area contributed by atoms with Crippen molar-refractivity contribution in [3.8, 4) is 0 Å². The fraction of sp³-hybridized carbons (Fsp3) is 0.429. The van der Waals surface area contributed by atoms with Crippen molar-refractivity contribution in [1.29, 1.82) is 0 Å². The third kappa shape index (κ3) is 1.79. The number of rotatable bonds is 3. The molecule has 102 valence electrons. The van der Waals surface area contributed by atoms with E-state index in [0.717, 1.165) is 16.9 Å². The molecular weight excluding hydrogens is 252 g/mol. The third-order valence-electron chi connectivity index (χ3n) is 4.00. The van der Waals surface area contributed by atoms with Crippen LogP contribution in [0, 0.1) is 13.8 Å². The molecule has 4 rings (SSSR count). The lowest BCUT2D eigenvalue weighted by Crippen LogP contribution is -2.08. The number of nitrogens with zero attached hydrogens (tertiary/aromatic N) is 6. The van der Waals surface area contributed by atoms with E-state index >= 15 is 0 Å². The number of benzene rings is 1. The van der Waals surface area contributed by atoms with E-state index in [9.17, 15) is 0 Å². The summed E-state index contributed by atoms with van der Waals surface area (Å²) >= 11 is 0. The van der Waals surface area contributed by atoms with E-state index in [1.54, 1.807) is 0 Å². The van der Waals surface area contributed by atoms with Crippen LogP contribution in [0.25, 0.3) is 11.0 Å². The number of imidazole rings is 1. The van der Waals surface area contributed by atoms with Crippen LogP contribution in [0.5, 0.6) is 0 Å². The number of hydrogen-bond acceptors (Lipinski definition) is 4. The molecule has 0 saturated heterocycles. The molecule has 6 heteroatoms. The lowest BCUT2D eigenvalue weighted by molar-refractivity contribution is 0.569.